The first-order valence-corrected chi connectivity index (χ1v) is 5.39. The quantitative estimate of drug-likeness (QED) is 0.756. The van der Waals surface area contributed by atoms with E-state index < -0.39 is 16.5 Å². The summed E-state index contributed by atoms with van der Waals surface area (Å²) in [5, 5.41) is 0. The molecule has 0 bridgehead atoms. The van der Waals surface area contributed by atoms with Crippen molar-refractivity contribution in [3.8, 4) is 0 Å². The van der Waals surface area contributed by atoms with Gasteiger partial charge in [0, 0.05) is 18.3 Å². The fourth-order valence-electron chi connectivity index (χ4n) is 1.05. The number of aromatic nitrogens is 1. The van der Waals surface area contributed by atoms with E-state index >= 15 is 0 Å². The molecule has 1 heterocycles. The summed E-state index contributed by atoms with van der Waals surface area (Å²) >= 11 is 0. The van der Waals surface area contributed by atoms with Crippen molar-refractivity contribution in [3.63, 3.8) is 0 Å². The molecule has 0 amide bonds. The van der Waals surface area contributed by atoms with Gasteiger partial charge in [0.2, 0.25) is 0 Å². The van der Waals surface area contributed by atoms with Gasteiger partial charge in [0.1, 0.15) is 0 Å². The van der Waals surface area contributed by atoms with Gasteiger partial charge in [0.05, 0.1) is 6.10 Å². The molecule has 78 valence electrons. The van der Waals surface area contributed by atoms with Crippen LogP contribution in [0.2, 0.25) is 0 Å². The molecule has 0 saturated heterocycles. The molecule has 1 N–H and O–H groups in total. The van der Waals surface area contributed by atoms with Crippen LogP contribution >= 0.6 is 0 Å². The monoisotopic (exact) mass is 217 g/mol. The first-order chi connectivity index (χ1) is 6.47. The first kappa shape index (κ1) is 11.1. The number of pyridine rings is 1. The largest absolute Gasteiger partial charge is 0.397 e. The van der Waals surface area contributed by atoms with Crippen LogP contribution < -0.4 is 0 Å². The highest BCUT2D eigenvalue weighted by atomic mass is 32.3. The summed E-state index contributed by atoms with van der Waals surface area (Å²) in [6.45, 7) is 1.54. The van der Waals surface area contributed by atoms with Crippen molar-refractivity contribution < 1.29 is 17.2 Å². The Bertz CT molecular complexity index is 376. The fourth-order valence-corrected chi connectivity index (χ4v) is 1.54. The number of nitrogens with zero attached hydrogens (tertiary/aromatic N) is 1. The van der Waals surface area contributed by atoms with Crippen LogP contribution in [0.3, 0.4) is 0 Å². The van der Waals surface area contributed by atoms with E-state index in [1.807, 2.05) is 0 Å². The van der Waals surface area contributed by atoms with E-state index in [2.05, 4.69) is 9.17 Å². The van der Waals surface area contributed by atoms with Gasteiger partial charge in [-0.3, -0.25) is 9.54 Å². The average molecular weight is 217 g/mol. The Hall–Kier alpha value is -0.980. The van der Waals surface area contributed by atoms with Crippen LogP contribution in [0.25, 0.3) is 0 Å². The molecule has 0 radical (unpaired) electrons. The van der Waals surface area contributed by atoms with Crippen LogP contribution in [0, 0.1) is 0 Å². The minimum absolute atomic E-state index is 0.334. The first-order valence-electron chi connectivity index (χ1n) is 4.03. The zero-order valence-electron chi connectivity index (χ0n) is 7.62. The van der Waals surface area contributed by atoms with Gasteiger partial charge in [-0.2, -0.15) is 8.42 Å². The third-order valence-electron chi connectivity index (χ3n) is 1.51. The van der Waals surface area contributed by atoms with E-state index in [9.17, 15) is 8.42 Å². The van der Waals surface area contributed by atoms with Crippen LogP contribution in [-0.2, 0) is 21.0 Å². The molecular formula is C8H11NO4S. The summed E-state index contributed by atoms with van der Waals surface area (Å²) in [5.41, 5.74) is 0.712. The third kappa shape index (κ3) is 4.31. The topological polar surface area (TPSA) is 76.5 Å². The molecule has 14 heavy (non-hydrogen) atoms. The lowest BCUT2D eigenvalue weighted by Crippen LogP contribution is -2.17. The molecule has 0 aliphatic rings. The van der Waals surface area contributed by atoms with E-state index in [4.69, 9.17) is 4.55 Å². The Balaban J connectivity index is 2.54. The van der Waals surface area contributed by atoms with Crippen LogP contribution in [0.15, 0.2) is 24.4 Å². The highest BCUT2D eigenvalue weighted by molar-refractivity contribution is 7.80. The molecule has 1 aromatic rings. The van der Waals surface area contributed by atoms with Crippen LogP contribution in [0.1, 0.15) is 12.6 Å². The Labute approximate surface area is 82.7 Å². The molecule has 1 rings (SSSR count). The highest BCUT2D eigenvalue weighted by Gasteiger charge is 2.12. The maximum atomic E-state index is 10.3. The van der Waals surface area contributed by atoms with E-state index in [1.165, 1.54) is 0 Å². The van der Waals surface area contributed by atoms with Crippen LogP contribution in [-0.4, -0.2) is 24.1 Å². The Morgan fingerprint density at radius 2 is 2.29 bits per heavy atom. The Kier molecular flexibility index (Phi) is 3.56. The second kappa shape index (κ2) is 4.50. The molecule has 0 spiro atoms. The molecule has 6 heteroatoms. The van der Waals surface area contributed by atoms with E-state index in [0.29, 0.717) is 12.1 Å². The number of hydrogen-bond donors (Lipinski definition) is 1. The van der Waals surface area contributed by atoms with Gasteiger partial charge in [0.15, 0.2) is 0 Å². The van der Waals surface area contributed by atoms with E-state index in [0.717, 1.165) is 0 Å². The summed E-state index contributed by atoms with van der Waals surface area (Å²) in [7, 11) is -4.37. The zero-order valence-corrected chi connectivity index (χ0v) is 8.44. The molecule has 0 fully saturated rings. The van der Waals surface area contributed by atoms with Crippen molar-refractivity contribution in [3.05, 3.63) is 30.1 Å². The van der Waals surface area contributed by atoms with Crippen molar-refractivity contribution in [2.75, 3.05) is 0 Å². The molecule has 0 aromatic carbocycles. The Morgan fingerprint density at radius 3 is 2.79 bits per heavy atom. The summed E-state index contributed by atoms with van der Waals surface area (Å²) < 4.78 is 33.4. The van der Waals surface area contributed by atoms with Gasteiger partial charge in [0.25, 0.3) is 0 Å². The number of hydrogen-bond acceptors (Lipinski definition) is 4. The van der Waals surface area contributed by atoms with Gasteiger partial charge in [-0.15, -0.1) is 0 Å². The van der Waals surface area contributed by atoms with E-state index in [-0.39, 0.29) is 0 Å². The van der Waals surface area contributed by atoms with Crippen LogP contribution in [0.4, 0.5) is 0 Å². The molecule has 1 unspecified atom stereocenters. The molecule has 1 aromatic heterocycles. The molecule has 0 aliphatic heterocycles. The lowest BCUT2D eigenvalue weighted by Gasteiger charge is -2.08. The predicted octanol–water partition coefficient (Wildman–Crippen LogP) is 0.832. The summed E-state index contributed by atoms with van der Waals surface area (Å²) in [6, 6.07) is 5.31. The van der Waals surface area contributed by atoms with Crippen molar-refractivity contribution in [2.24, 2.45) is 0 Å². The number of rotatable bonds is 4. The lowest BCUT2D eigenvalue weighted by atomic mass is 10.2. The highest BCUT2D eigenvalue weighted by Crippen LogP contribution is 2.04. The molecule has 1 atom stereocenters. The maximum Gasteiger partial charge on any atom is 0.397 e. The SMILES string of the molecule is CC(Cc1ccccn1)OS(=O)(=O)O. The van der Waals surface area contributed by atoms with Crippen molar-refractivity contribution >= 4 is 10.4 Å². The van der Waals surface area contributed by atoms with Crippen molar-refractivity contribution in [1.29, 1.82) is 0 Å². The summed E-state index contributed by atoms with van der Waals surface area (Å²) in [5.74, 6) is 0. The molecular weight excluding hydrogens is 206 g/mol. The summed E-state index contributed by atoms with van der Waals surface area (Å²) in [4.78, 5) is 3.99. The minimum Gasteiger partial charge on any atom is -0.264 e. The smallest absolute Gasteiger partial charge is 0.264 e. The van der Waals surface area contributed by atoms with Crippen LogP contribution in [0.5, 0.6) is 0 Å². The van der Waals surface area contributed by atoms with Gasteiger partial charge >= 0.3 is 10.4 Å². The molecule has 5 nitrogen and oxygen atoms in total. The second-order valence-corrected chi connectivity index (χ2v) is 3.91. The van der Waals surface area contributed by atoms with E-state index in [1.54, 1.807) is 31.3 Å². The summed E-state index contributed by atoms with van der Waals surface area (Å²) in [6.07, 6.45) is 1.32. The van der Waals surface area contributed by atoms with Gasteiger partial charge in [-0.05, 0) is 19.1 Å². The lowest BCUT2D eigenvalue weighted by molar-refractivity contribution is 0.197. The molecule has 0 aliphatic carbocycles. The van der Waals surface area contributed by atoms with Gasteiger partial charge < -0.3 is 0 Å². The minimum atomic E-state index is -4.37. The maximum absolute atomic E-state index is 10.3. The molecule has 0 saturated carbocycles. The van der Waals surface area contributed by atoms with Gasteiger partial charge in [-0.25, -0.2) is 4.18 Å². The van der Waals surface area contributed by atoms with Gasteiger partial charge in [-0.1, -0.05) is 6.07 Å². The second-order valence-electron chi connectivity index (χ2n) is 2.86. The predicted molar refractivity (Wildman–Crippen MR) is 50.0 cm³/mol. The van der Waals surface area contributed by atoms with Crippen molar-refractivity contribution in [1.82, 2.24) is 4.98 Å². The average Bonchev–Trinajstić information content (AvgIpc) is 2.02. The third-order valence-corrected chi connectivity index (χ3v) is 2.08. The standard InChI is InChI=1S/C8H11NO4S/c1-7(13-14(10,11)12)6-8-4-2-3-5-9-8/h2-5,7H,6H2,1H3,(H,10,11,12). The zero-order chi connectivity index (χ0) is 10.6. The van der Waals surface area contributed by atoms with Crippen molar-refractivity contribution in [2.45, 2.75) is 19.4 Å². The fraction of sp³-hybridized carbons (Fsp3) is 0.375. The Morgan fingerprint density at radius 1 is 1.57 bits per heavy atom. The normalized spacial score (nSPS) is 13.9.